The third-order valence-corrected chi connectivity index (χ3v) is 4.85. The van der Waals surface area contributed by atoms with E-state index in [1.54, 1.807) is 11.3 Å². The number of rotatable bonds is 4. The van der Waals surface area contributed by atoms with E-state index in [4.69, 9.17) is 0 Å². The molecule has 1 aliphatic carbocycles. The van der Waals surface area contributed by atoms with Gasteiger partial charge in [0.15, 0.2) is 0 Å². The highest BCUT2D eigenvalue weighted by Gasteiger charge is 2.35. The van der Waals surface area contributed by atoms with Crippen LogP contribution >= 0.6 is 11.3 Å². The summed E-state index contributed by atoms with van der Waals surface area (Å²) in [6.07, 6.45) is 6.36. The molecule has 0 unspecified atom stereocenters. The van der Waals surface area contributed by atoms with E-state index in [9.17, 15) is 0 Å². The van der Waals surface area contributed by atoms with E-state index in [-0.39, 0.29) is 6.04 Å². The Kier molecular flexibility index (Phi) is 2.92. The first-order valence-electron chi connectivity index (χ1n) is 7.18. The number of hydrogen-bond donors (Lipinski definition) is 1. The number of nitrogens with zero attached hydrogens (tertiary/aromatic N) is 4. The third kappa shape index (κ3) is 2.29. The fourth-order valence-corrected chi connectivity index (χ4v) is 3.51. The third-order valence-electron chi connectivity index (χ3n) is 3.94. The first kappa shape index (κ1) is 12.8. The summed E-state index contributed by atoms with van der Waals surface area (Å²) >= 11 is 1.68. The van der Waals surface area contributed by atoms with Gasteiger partial charge in [0.25, 0.3) is 0 Å². The van der Waals surface area contributed by atoms with Crippen LogP contribution in [-0.2, 0) is 7.05 Å². The average molecular weight is 299 g/mol. The molecule has 21 heavy (non-hydrogen) atoms. The molecule has 5 nitrogen and oxygen atoms in total. The number of anilines is 1. The van der Waals surface area contributed by atoms with Gasteiger partial charge in [-0.05, 0) is 37.1 Å². The molecule has 0 aromatic carbocycles. The van der Waals surface area contributed by atoms with Crippen molar-refractivity contribution in [1.82, 2.24) is 19.5 Å². The van der Waals surface area contributed by atoms with Gasteiger partial charge in [-0.3, -0.25) is 0 Å². The second-order valence-electron chi connectivity index (χ2n) is 5.61. The highest BCUT2D eigenvalue weighted by Crippen LogP contribution is 2.43. The molecule has 0 bridgehead atoms. The van der Waals surface area contributed by atoms with E-state index in [1.165, 1.54) is 12.8 Å². The van der Waals surface area contributed by atoms with Crippen LogP contribution in [0.15, 0.2) is 23.8 Å². The summed E-state index contributed by atoms with van der Waals surface area (Å²) in [6, 6.07) is 2.27. The van der Waals surface area contributed by atoms with Gasteiger partial charge in [0.05, 0.1) is 16.3 Å². The van der Waals surface area contributed by atoms with E-state index in [0.29, 0.717) is 5.92 Å². The van der Waals surface area contributed by atoms with Gasteiger partial charge in [-0.25, -0.2) is 15.0 Å². The summed E-state index contributed by atoms with van der Waals surface area (Å²) < 4.78 is 3.22. The first-order chi connectivity index (χ1) is 10.2. The molecule has 1 N–H and O–H groups in total. The number of imidazole rings is 1. The van der Waals surface area contributed by atoms with Crippen LogP contribution in [0.4, 0.5) is 5.82 Å². The summed E-state index contributed by atoms with van der Waals surface area (Å²) in [4.78, 5) is 13.6. The lowest BCUT2D eigenvalue weighted by Gasteiger charge is -2.19. The summed E-state index contributed by atoms with van der Waals surface area (Å²) in [5.74, 6) is 3.47. The highest BCUT2D eigenvalue weighted by molar-refractivity contribution is 7.17. The largest absolute Gasteiger partial charge is 0.359 e. The van der Waals surface area contributed by atoms with Gasteiger partial charge in [-0.15, -0.1) is 11.3 Å². The Hall–Kier alpha value is -1.95. The van der Waals surface area contributed by atoms with Crippen molar-refractivity contribution < 1.29 is 0 Å². The van der Waals surface area contributed by atoms with E-state index in [0.717, 1.165) is 27.7 Å². The molecular formula is C15H17N5S. The minimum absolute atomic E-state index is 0.226. The number of nitrogens with one attached hydrogen (secondary N) is 1. The molecule has 4 rings (SSSR count). The molecule has 0 saturated heterocycles. The van der Waals surface area contributed by atoms with Gasteiger partial charge in [-0.1, -0.05) is 0 Å². The smallest absolute Gasteiger partial charge is 0.148 e. The van der Waals surface area contributed by atoms with Crippen LogP contribution in [0.3, 0.4) is 0 Å². The van der Waals surface area contributed by atoms with Crippen molar-refractivity contribution in [3.05, 3.63) is 35.5 Å². The van der Waals surface area contributed by atoms with Crippen molar-refractivity contribution in [3.8, 4) is 0 Å². The van der Waals surface area contributed by atoms with Crippen molar-refractivity contribution in [3.63, 3.8) is 0 Å². The molecule has 1 aliphatic rings. The van der Waals surface area contributed by atoms with Crippen LogP contribution in [0.5, 0.6) is 0 Å². The normalized spacial score (nSPS) is 16.3. The minimum Gasteiger partial charge on any atom is -0.359 e. The SMILES string of the molecule is Cc1nc(N[C@H](c2nccn2C)C2CC2)c2sccc2n1. The number of aryl methyl sites for hydroxylation is 2. The molecule has 1 atom stereocenters. The Bertz CT molecular complexity index is 786. The minimum atomic E-state index is 0.226. The number of hydrogen-bond acceptors (Lipinski definition) is 5. The fourth-order valence-electron chi connectivity index (χ4n) is 2.72. The van der Waals surface area contributed by atoms with Crippen LogP contribution in [0.25, 0.3) is 10.2 Å². The zero-order chi connectivity index (χ0) is 14.4. The number of fused-ring (bicyclic) bond motifs is 1. The number of aromatic nitrogens is 4. The molecule has 0 amide bonds. The van der Waals surface area contributed by atoms with Crippen molar-refractivity contribution in [2.75, 3.05) is 5.32 Å². The Morgan fingerprint density at radius 2 is 2.24 bits per heavy atom. The summed E-state index contributed by atoms with van der Waals surface area (Å²) in [5.41, 5.74) is 1.02. The summed E-state index contributed by atoms with van der Waals surface area (Å²) in [7, 11) is 2.05. The van der Waals surface area contributed by atoms with Crippen molar-refractivity contribution in [2.45, 2.75) is 25.8 Å². The molecule has 108 valence electrons. The molecule has 0 spiro atoms. The standard InChI is InChI=1S/C15H17N5S/c1-9-17-11-5-8-21-13(11)14(18-9)19-12(10-3-4-10)15-16-6-7-20(15)2/h5-8,10,12H,3-4H2,1-2H3,(H,17,18,19)/t12-/m0/s1. The zero-order valence-corrected chi connectivity index (χ0v) is 12.9. The van der Waals surface area contributed by atoms with Crippen LogP contribution in [0.2, 0.25) is 0 Å². The van der Waals surface area contributed by atoms with Crippen molar-refractivity contribution in [1.29, 1.82) is 0 Å². The lowest BCUT2D eigenvalue weighted by Crippen LogP contribution is -2.18. The Labute approximate surface area is 127 Å². The first-order valence-corrected chi connectivity index (χ1v) is 8.06. The van der Waals surface area contributed by atoms with Gasteiger partial charge in [0, 0.05) is 19.4 Å². The molecule has 3 aromatic rings. The van der Waals surface area contributed by atoms with E-state index in [1.807, 2.05) is 32.4 Å². The van der Waals surface area contributed by atoms with Gasteiger partial charge >= 0.3 is 0 Å². The molecule has 1 fully saturated rings. The quantitative estimate of drug-likeness (QED) is 0.803. The van der Waals surface area contributed by atoms with Gasteiger partial charge in [-0.2, -0.15) is 0 Å². The molecule has 3 heterocycles. The zero-order valence-electron chi connectivity index (χ0n) is 12.1. The van der Waals surface area contributed by atoms with Crippen LogP contribution in [0, 0.1) is 12.8 Å². The van der Waals surface area contributed by atoms with Crippen LogP contribution in [-0.4, -0.2) is 19.5 Å². The maximum Gasteiger partial charge on any atom is 0.148 e. The van der Waals surface area contributed by atoms with Crippen molar-refractivity contribution >= 4 is 27.4 Å². The molecule has 6 heteroatoms. The summed E-state index contributed by atoms with van der Waals surface area (Å²) in [5, 5.41) is 5.70. The maximum absolute atomic E-state index is 4.61. The molecule has 0 aliphatic heterocycles. The molecule has 1 saturated carbocycles. The fraction of sp³-hybridized carbons (Fsp3) is 0.400. The van der Waals surface area contributed by atoms with Gasteiger partial charge < -0.3 is 9.88 Å². The second kappa shape index (κ2) is 4.80. The van der Waals surface area contributed by atoms with E-state index >= 15 is 0 Å². The predicted octanol–water partition coefficient (Wildman–Crippen LogP) is 3.30. The van der Waals surface area contributed by atoms with Crippen molar-refractivity contribution in [2.24, 2.45) is 13.0 Å². The van der Waals surface area contributed by atoms with Gasteiger partial charge in [0.1, 0.15) is 17.5 Å². The Balaban J connectivity index is 1.75. The lowest BCUT2D eigenvalue weighted by atomic mass is 10.1. The highest BCUT2D eigenvalue weighted by atomic mass is 32.1. The monoisotopic (exact) mass is 299 g/mol. The molecule has 3 aromatic heterocycles. The molecular weight excluding hydrogens is 282 g/mol. The lowest BCUT2D eigenvalue weighted by molar-refractivity contribution is 0.605. The topological polar surface area (TPSA) is 55.6 Å². The number of thiophene rings is 1. The van der Waals surface area contributed by atoms with E-state index in [2.05, 4.69) is 30.2 Å². The molecule has 0 radical (unpaired) electrons. The average Bonchev–Trinajstić information content (AvgIpc) is 3.04. The van der Waals surface area contributed by atoms with E-state index < -0.39 is 0 Å². The maximum atomic E-state index is 4.61. The van der Waals surface area contributed by atoms with Crippen LogP contribution in [0.1, 0.15) is 30.5 Å². The summed E-state index contributed by atoms with van der Waals surface area (Å²) in [6.45, 7) is 1.94. The van der Waals surface area contributed by atoms with Crippen LogP contribution < -0.4 is 5.32 Å². The Morgan fingerprint density at radius 3 is 2.95 bits per heavy atom. The Morgan fingerprint density at radius 1 is 1.38 bits per heavy atom. The predicted molar refractivity (Wildman–Crippen MR) is 84.4 cm³/mol. The van der Waals surface area contributed by atoms with Gasteiger partial charge in [0.2, 0.25) is 0 Å². The second-order valence-corrected chi connectivity index (χ2v) is 6.53.